The molecule has 0 aliphatic rings. The zero-order valence-electron chi connectivity index (χ0n) is 11.9. The van der Waals surface area contributed by atoms with Crippen LogP contribution in [0.4, 0.5) is 4.79 Å². The summed E-state index contributed by atoms with van der Waals surface area (Å²) >= 11 is 0. The van der Waals surface area contributed by atoms with E-state index >= 15 is 0 Å². The molecule has 110 valence electrons. The Hall–Kier alpha value is -1.79. The second-order valence-corrected chi connectivity index (χ2v) is 4.46. The number of carboxylic acids is 1. The maximum atomic E-state index is 11.8. The lowest BCUT2D eigenvalue weighted by Crippen LogP contribution is -2.51. The molecule has 0 fully saturated rings. The van der Waals surface area contributed by atoms with Gasteiger partial charge < -0.3 is 20.6 Å². The Morgan fingerprint density at radius 3 is 2.26 bits per heavy atom. The van der Waals surface area contributed by atoms with Crippen LogP contribution in [0.1, 0.15) is 27.2 Å². The Labute approximate surface area is 113 Å². The third-order valence-electron chi connectivity index (χ3n) is 2.86. The van der Waals surface area contributed by atoms with Gasteiger partial charge in [-0.05, 0) is 12.8 Å². The molecular formula is C12H23N3O4. The highest BCUT2D eigenvalue weighted by atomic mass is 16.4. The van der Waals surface area contributed by atoms with Crippen molar-refractivity contribution >= 4 is 17.9 Å². The maximum absolute atomic E-state index is 11.8. The minimum Gasteiger partial charge on any atom is -0.480 e. The molecule has 0 rings (SSSR count). The van der Waals surface area contributed by atoms with E-state index in [2.05, 4.69) is 10.6 Å². The molecule has 0 aliphatic carbocycles. The van der Waals surface area contributed by atoms with Crippen LogP contribution < -0.4 is 10.6 Å². The lowest BCUT2D eigenvalue weighted by Gasteiger charge is -2.24. The molecule has 3 N–H and O–H groups in total. The Kier molecular flexibility index (Phi) is 7.55. The molecular weight excluding hydrogens is 250 g/mol. The number of nitrogens with zero attached hydrogens (tertiary/aromatic N) is 1. The van der Waals surface area contributed by atoms with E-state index in [1.807, 2.05) is 6.92 Å². The van der Waals surface area contributed by atoms with E-state index in [9.17, 15) is 14.4 Å². The minimum atomic E-state index is -1.07. The third kappa shape index (κ3) is 6.08. The number of carbonyl (C=O) groups excluding carboxylic acids is 2. The van der Waals surface area contributed by atoms with Gasteiger partial charge in [0.25, 0.3) is 0 Å². The van der Waals surface area contributed by atoms with Gasteiger partial charge in [0, 0.05) is 13.6 Å². The number of carbonyl (C=O) groups is 3. The summed E-state index contributed by atoms with van der Waals surface area (Å²) < 4.78 is 0. The molecule has 0 bridgehead atoms. The van der Waals surface area contributed by atoms with Crippen molar-refractivity contribution in [2.75, 3.05) is 20.1 Å². The van der Waals surface area contributed by atoms with Crippen molar-refractivity contribution < 1.29 is 19.5 Å². The van der Waals surface area contributed by atoms with Gasteiger partial charge in [0.15, 0.2) is 0 Å². The van der Waals surface area contributed by atoms with Gasteiger partial charge in [-0.1, -0.05) is 20.3 Å². The number of hydrogen-bond acceptors (Lipinski definition) is 3. The highest BCUT2D eigenvalue weighted by molar-refractivity contribution is 5.86. The Morgan fingerprint density at radius 1 is 1.26 bits per heavy atom. The second-order valence-electron chi connectivity index (χ2n) is 4.46. The molecule has 7 nitrogen and oxygen atoms in total. The summed E-state index contributed by atoms with van der Waals surface area (Å²) in [6.07, 6.45) is 0.636. The molecule has 0 saturated carbocycles. The van der Waals surface area contributed by atoms with Crippen LogP contribution in [0.2, 0.25) is 0 Å². The van der Waals surface area contributed by atoms with Crippen LogP contribution in [0.5, 0.6) is 0 Å². The van der Waals surface area contributed by atoms with Gasteiger partial charge in [-0.15, -0.1) is 0 Å². The largest absolute Gasteiger partial charge is 0.480 e. The van der Waals surface area contributed by atoms with E-state index in [1.54, 1.807) is 13.8 Å². The molecule has 19 heavy (non-hydrogen) atoms. The molecule has 0 heterocycles. The van der Waals surface area contributed by atoms with Crippen molar-refractivity contribution in [1.29, 1.82) is 0 Å². The van der Waals surface area contributed by atoms with E-state index in [0.717, 1.165) is 4.90 Å². The lowest BCUT2D eigenvalue weighted by molar-refractivity contribution is -0.140. The van der Waals surface area contributed by atoms with Crippen molar-refractivity contribution in [3.63, 3.8) is 0 Å². The van der Waals surface area contributed by atoms with E-state index < -0.39 is 18.0 Å². The van der Waals surface area contributed by atoms with Gasteiger partial charge in [0.05, 0.1) is 0 Å². The Morgan fingerprint density at radius 2 is 1.84 bits per heavy atom. The van der Waals surface area contributed by atoms with Crippen molar-refractivity contribution in [1.82, 2.24) is 15.5 Å². The van der Waals surface area contributed by atoms with Gasteiger partial charge >= 0.3 is 12.0 Å². The number of aliphatic carboxylic acids is 1. The number of likely N-dealkylation sites (N-methyl/N-ethyl adjacent to an activating group) is 2. The maximum Gasteiger partial charge on any atom is 0.326 e. The van der Waals surface area contributed by atoms with Gasteiger partial charge in [-0.2, -0.15) is 0 Å². The van der Waals surface area contributed by atoms with Gasteiger partial charge in [-0.3, -0.25) is 4.79 Å². The number of rotatable bonds is 7. The fourth-order valence-corrected chi connectivity index (χ4v) is 1.47. The summed E-state index contributed by atoms with van der Waals surface area (Å²) in [5, 5.41) is 14.0. The quantitative estimate of drug-likeness (QED) is 0.619. The smallest absolute Gasteiger partial charge is 0.326 e. The highest BCUT2D eigenvalue weighted by Crippen LogP contribution is 2.08. The van der Waals surface area contributed by atoms with Crippen LogP contribution in [0, 0.1) is 5.92 Å². The van der Waals surface area contributed by atoms with Crippen LogP contribution >= 0.6 is 0 Å². The minimum absolute atomic E-state index is 0.105. The molecule has 7 heteroatoms. The average molecular weight is 273 g/mol. The molecule has 0 aromatic heterocycles. The molecule has 0 aromatic carbocycles. The van der Waals surface area contributed by atoms with Crippen LogP contribution in [-0.4, -0.2) is 54.1 Å². The molecule has 0 aromatic rings. The monoisotopic (exact) mass is 273 g/mol. The summed E-state index contributed by atoms with van der Waals surface area (Å²) in [6.45, 7) is 5.76. The highest BCUT2D eigenvalue weighted by Gasteiger charge is 2.26. The summed E-state index contributed by atoms with van der Waals surface area (Å²) in [7, 11) is 1.44. The van der Waals surface area contributed by atoms with Crippen LogP contribution in [0.15, 0.2) is 0 Å². The molecule has 2 atom stereocenters. The first kappa shape index (κ1) is 17.2. The summed E-state index contributed by atoms with van der Waals surface area (Å²) in [6, 6.07) is -1.52. The topological polar surface area (TPSA) is 98.7 Å². The second kappa shape index (κ2) is 8.34. The first-order valence-corrected chi connectivity index (χ1v) is 6.34. The van der Waals surface area contributed by atoms with Crippen molar-refractivity contribution in [2.24, 2.45) is 5.92 Å². The number of carboxylic acid groups (broad SMARTS) is 1. The van der Waals surface area contributed by atoms with Gasteiger partial charge in [-0.25, -0.2) is 9.59 Å². The summed E-state index contributed by atoms with van der Waals surface area (Å²) in [4.78, 5) is 35.3. The predicted molar refractivity (Wildman–Crippen MR) is 70.7 cm³/mol. The molecule has 2 unspecified atom stereocenters. The van der Waals surface area contributed by atoms with E-state index in [4.69, 9.17) is 5.11 Å². The fraction of sp³-hybridized carbons (Fsp3) is 0.750. The first-order chi connectivity index (χ1) is 8.83. The third-order valence-corrected chi connectivity index (χ3v) is 2.86. The molecule has 3 amide bonds. The number of nitrogens with one attached hydrogen (secondary N) is 2. The van der Waals surface area contributed by atoms with Crippen molar-refractivity contribution in [3.05, 3.63) is 0 Å². The standard InChI is InChI=1S/C12H23N3O4/c1-5-8(3)10(11(17)18)14-12(19)15(4)7-9(16)13-6-2/h8,10H,5-7H2,1-4H3,(H,13,16)(H,14,19)(H,17,18). The summed E-state index contributed by atoms with van der Waals surface area (Å²) in [5.41, 5.74) is 0. The normalized spacial score (nSPS) is 13.3. The SMILES string of the molecule is CCNC(=O)CN(C)C(=O)NC(C(=O)O)C(C)CC. The van der Waals surface area contributed by atoms with Crippen molar-refractivity contribution in [3.8, 4) is 0 Å². The van der Waals surface area contributed by atoms with Crippen LogP contribution in [0.3, 0.4) is 0 Å². The van der Waals surface area contributed by atoms with Crippen LogP contribution in [-0.2, 0) is 9.59 Å². The van der Waals surface area contributed by atoms with Gasteiger partial charge in [0.2, 0.25) is 5.91 Å². The predicted octanol–water partition coefficient (Wildman–Crippen LogP) is 0.263. The number of urea groups is 1. The van der Waals surface area contributed by atoms with E-state index in [1.165, 1.54) is 7.05 Å². The number of amides is 3. The average Bonchev–Trinajstić information content (AvgIpc) is 2.34. The summed E-state index contributed by atoms with van der Waals surface area (Å²) in [5.74, 6) is -1.54. The van der Waals surface area contributed by atoms with Crippen molar-refractivity contribution in [2.45, 2.75) is 33.2 Å². The zero-order chi connectivity index (χ0) is 15.0. The molecule has 0 aliphatic heterocycles. The number of hydrogen-bond donors (Lipinski definition) is 3. The Balaban J connectivity index is 4.47. The Bertz CT molecular complexity index is 333. The van der Waals surface area contributed by atoms with Crippen LogP contribution in [0.25, 0.3) is 0 Å². The molecule has 0 radical (unpaired) electrons. The molecule has 0 saturated heterocycles. The van der Waals surface area contributed by atoms with E-state index in [-0.39, 0.29) is 18.4 Å². The van der Waals surface area contributed by atoms with E-state index in [0.29, 0.717) is 13.0 Å². The van der Waals surface area contributed by atoms with Gasteiger partial charge in [0.1, 0.15) is 12.6 Å². The lowest BCUT2D eigenvalue weighted by atomic mass is 9.99. The molecule has 0 spiro atoms. The zero-order valence-corrected chi connectivity index (χ0v) is 11.9. The fourth-order valence-electron chi connectivity index (χ4n) is 1.47. The first-order valence-electron chi connectivity index (χ1n) is 6.34.